The molecule has 0 aromatic heterocycles. The molecule has 2 unspecified atom stereocenters. The molecule has 0 aromatic carbocycles. The first-order valence-corrected chi connectivity index (χ1v) is 11.8. The third-order valence-electron chi connectivity index (χ3n) is 5.87. The molecule has 0 bridgehead atoms. The molecule has 1 aliphatic rings. The summed E-state index contributed by atoms with van der Waals surface area (Å²) in [6.45, 7) is 17.2. The molecular formula is C23H47N3O4. The molecule has 7 heteroatoms. The van der Waals surface area contributed by atoms with Crippen LogP contribution >= 0.6 is 0 Å². The highest BCUT2D eigenvalue weighted by molar-refractivity contribution is 6.27. The maximum absolute atomic E-state index is 9.10. The molecule has 178 valence electrons. The Hall–Kier alpha value is -1.18. The van der Waals surface area contributed by atoms with Crippen molar-refractivity contribution in [2.24, 2.45) is 17.6 Å². The first-order valence-electron chi connectivity index (χ1n) is 11.8. The molecule has 1 rings (SSSR count). The molecule has 0 spiro atoms. The van der Waals surface area contributed by atoms with Crippen molar-refractivity contribution in [1.29, 1.82) is 0 Å². The second-order valence-corrected chi connectivity index (χ2v) is 9.26. The fourth-order valence-corrected chi connectivity index (χ4v) is 4.26. The maximum Gasteiger partial charge on any atom is 0.414 e. The van der Waals surface area contributed by atoms with Gasteiger partial charge in [0.25, 0.3) is 0 Å². The molecule has 4 N–H and O–H groups in total. The van der Waals surface area contributed by atoms with Crippen LogP contribution < -0.4 is 5.73 Å². The molecule has 0 aromatic rings. The number of nitrogens with two attached hydrogens (primary N) is 1. The minimum Gasteiger partial charge on any atom is -0.473 e. The van der Waals surface area contributed by atoms with E-state index in [4.69, 9.17) is 25.5 Å². The van der Waals surface area contributed by atoms with E-state index in [9.17, 15) is 0 Å². The summed E-state index contributed by atoms with van der Waals surface area (Å²) in [5.74, 6) is -1.98. The fourth-order valence-electron chi connectivity index (χ4n) is 4.26. The van der Waals surface area contributed by atoms with Gasteiger partial charge < -0.3 is 15.9 Å². The van der Waals surface area contributed by atoms with Crippen LogP contribution in [-0.4, -0.2) is 70.3 Å². The standard InChI is InChI=1S/C21H45N3.C2H2O4/c1-6-10-12-19(8-3)14-23-16-21(5,22)17-24(18-23)15-20(9-4)13-11-7-2;3-1(4)2(5)6/h19-20H,6-18,22H2,1-5H3;(H,3,4)(H,5,6). The molecule has 1 fully saturated rings. The summed E-state index contributed by atoms with van der Waals surface area (Å²) in [4.78, 5) is 23.5. The average molecular weight is 430 g/mol. The fraction of sp³-hybridized carbons (Fsp3) is 0.913. The van der Waals surface area contributed by atoms with Crippen LogP contribution in [0.1, 0.15) is 86.0 Å². The lowest BCUT2D eigenvalue weighted by atomic mass is 9.94. The number of carbonyl (C=O) groups is 2. The van der Waals surface area contributed by atoms with Crippen molar-refractivity contribution < 1.29 is 19.8 Å². The lowest BCUT2D eigenvalue weighted by molar-refractivity contribution is -0.159. The van der Waals surface area contributed by atoms with E-state index in [1.165, 1.54) is 64.5 Å². The second kappa shape index (κ2) is 15.6. The summed E-state index contributed by atoms with van der Waals surface area (Å²) in [5.41, 5.74) is 6.54. The first kappa shape index (κ1) is 28.8. The lowest BCUT2D eigenvalue weighted by Crippen LogP contribution is -2.63. The third kappa shape index (κ3) is 13.2. The van der Waals surface area contributed by atoms with Gasteiger partial charge in [0.2, 0.25) is 0 Å². The monoisotopic (exact) mass is 429 g/mol. The molecule has 1 saturated heterocycles. The van der Waals surface area contributed by atoms with E-state index in [0.717, 1.165) is 31.6 Å². The smallest absolute Gasteiger partial charge is 0.414 e. The van der Waals surface area contributed by atoms with Gasteiger partial charge in [0.15, 0.2) is 0 Å². The molecule has 0 saturated carbocycles. The van der Waals surface area contributed by atoms with Crippen molar-refractivity contribution >= 4 is 11.9 Å². The maximum atomic E-state index is 9.10. The van der Waals surface area contributed by atoms with Crippen molar-refractivity contribution in [3.8, 4) is 0 Å². The van der Waals surface area contributed by atoms with Crippen molar-refractivity contribution in [2.45, 2.75) is 91.5 Å². The Morgan fingerprint density at radius 2 is 1.23 bits per heavy atom. The van der Waals surface area contributed by atoms with Gasteiger partial charge in [0, 0.05) is 31.7 Å². The zero-order valence-electron chi connectivity index (χ0n) is 20.0. The van der Waals surface area contributed by atoms with Gasteiger partial charge in [0.05, 0.1) is 6.67 Å². The number of hydrogen-bond acceptors (Lipinski definition) is 5. The van der Waals surface area contributed by atoms with Crippen LogP contribution in [0.2, 0.25) is 0 Å². The van der Waals surface area contributed by atoms with Gasteiger partial charge in [-0.25, -0.2) is 9.59 Å². The summed E-state index contributed by atoms with van der Waals surface area (Å²) in [7, 11) is 0. The molecule has 0 aliphatic carbocycles. The predicted octanol–water partition coefficient (Wildman–Crippen LogP) is 3.87. The average Bonchev–Trinajstić information content (AvgIpc) is 2.67. The molecule has 1 heterocycles. The Bertz CT molecular complexity index is 445. The summed E-state index contributed by atoms with van der Waals surface area (Å²) in [6.07, 6.45) is 10.7. The van der Waals surface area contributed by atoms with Gasteiger partial charge in [-0.3, -0.25) is 9.80 Å². The van der Waals surface area contributed by atoms with Crippen LogP contribution in [0.25, 0.3) is 0 Å². The van der Waals surface area contributed by atoms with Crippen LogP contribution in [0.5, 0.6) is 0 Å². The molecule has 0 radical (unpaired) electrons. The van der Waals surface area contributed by atoms with E-state index >= 15 is 0 Å². The van der Waals surface area contributed by atoms with E-state index in [2.05, 4.69) is 44.4 Å². The van der Waals surface area contributed by atoms with E-state index in [1.807, 2.05) is 0 Å². The molecule has 2 atom stereocenters. The zero-order valence-corrected chi connectivity index (χ0v) is 20.0. The normalized spacial score (nSPS) is 22.1. The van der Waals surface area contributed by atoms with Crippen LogP contribution in [0.4, 0.5) is 0 Å². The summed E-state index contributed by atoms with van der Waals surface area (Å²) in [6, 6.07) is 0. The molecule has 30 heavy (non-hydrogen) atoms. The van der Waals surface area contributed by atoms with Gasteiger partial charge in [-0.05, 0) is 31.6 Å². The molecule has 1 aliphatic heterocycles. The largest absolute Gasteiger partial charge is 0.473 e. The van der Waals surface area contributed by atoms with E-state index in [1.54, 1.807) is 0 Å². The minimum absolute atomic E-state index is 0.0651. The van der Waals surface area contributed by atoms with E-state index < -0.39 is 11.9 Å². The first-order chi connectivity index (χ1) is 14.1. The number of aliphatic carboxylic acids is 2. The highest BCUT2D eigenvalue weighted by atomic mass is 16.4. The Kier molecular flexibility index (Phi) is 15.0. The number of carboxylic acids is 2. The van der Waals surface area contributed by atoms with Crippen molar-refractivity contribution in [2.75, 3.05) is 32.8 Å². The SMILES string of the molecule is CCCCC(CC)CN1CN(CC(CC)CCCC)CC(C)(N)C1.O=C(O)C(=O)O. The Labute approximate surface area is 184 Å². The highest BCUT2D eigenvalue weighted by Gasteiger charge is 2.33. The number of unbranched alkanes of at least 4 members (excludes halogenated alkanes) is 2. The van der Waals surface area contributed by atoms with Crippen molar-refractivity contribution in [3.63, 3.8) is 0 Å². The Morgan fingerprint density at radius 1 is 0.867 bits per heavy atom. The Balaban J connectivity index is 0.00000122. The van der Waals surface area contributed by atoms with Crippen LogP contribution in [-0.2, 0) is 9.59 Å². The van der Waals surface area contributed by atoms with Crippen LogP contribution in [0.15, 0.2) is 0 Å². The lowest BCUT2D eigenvalue weighted by Gasteiger charge is -2.46. The number of hydrogen-bond donors (Lipinski definition) is 3. The number of rotatable bonds is 12. The third-order valence-corrected chi connectivity index (χ3v) is 5.87. The summed E-state index contributed by atoms with van der Waals surface area (Å²) >= 11 is 0. The van der Waals surface area contributed by atoms with Crippen LogP contribution in [0.3, 0.4) is 0 Å². The number of carboxylic acid groups (broad SMARTS) is 2. The van der Waals surface area contributed by atoms with E-state index in [-0.39, 0.29) is 5.54 Å². The highest BCUT2D eigenvalue weighted by Crippen LogP contribution is 2.22. The molecular weight excluding hydrogens is 382 g/mol. The van der Waals surface area contributed by atoms with Crippen LogP contribution in [0, 0.1) is 11.8 Å². The summed E-state index contributed by atoms with van der Waals surface area (Å²) < 4.78 is 0. The summed E-state index contributed by atoms with van der Waals surface area (Å²) in [5, 5.41) is 14.8. The topological polar surface area (TPSA) is 107 Å². The second-order valence-electron chi connectivity index (χ2n) is 9.26. The van der Waals surface area contributed by atoms with Gasteiger partial charge in [-0.1, -0.05) is 66.2 Å². The van der Waals surface area contributed by atoms with Gasteiger partial charge in [-0.15, -0.1) is 0 Å². The van der Waals surface area contributed by atoms with Crippen molar-refractivity contribution in [3.05, 3.63) is 0 Å². The quantitative estimate of drug-likeness (QED) is 0.404. The van der Waals surface area contributed by atoms with Crippen molar-refractivity contribution in [1.82, 2.24) is 9.80 Å². The molecule has 7 nitrogen and oxygen atoms in total. The minimum atomic E-state index is -1.82. The molecule has 0 amide bonds. The van der Waals surface area contributed by atoms with Gasteiger partial charge >= 0.3 is 11.9 Å². The van der Waals surface area contributed by atoms with E-state index in [0.29, 0.717) is 0 Å². The van der Waals surface area contributed by atoms with Gasteiger partial charge in [0.1, 0.15) is 0 Å². The van der Waals surface area contributed by atoms with Gasteiger partial charge in [-0.2, -0.15) is 0 Å². The Morgan fingerprint density at radius 3 is 1.50 bits per heavy atom. The number of nitrogens with zero attached hydrogens (tertiary/aromatic N) is 2. The zero-order chi connectivity index (χ0) is 23.2. The predicted molar refractivity (Wildman–Crippen MR) is 122 cm³/mol.